The fourth-order valence-electron chi connectivity index (χ4n) is 3.46. The normalized spacial score (nSPS) is 11.1. The molecule has 2 aromatic heterocycles. The molecule has 0 aliphatic carbocycles. The zero-order chi connectivity index (χ0) is 19.7. The zero-order valence-electron chi connectivity index (χ0n) is 16.2. The Balaban J connectivity index is 1.73. The number of esters is 1. The topological polar surface area (TPSA) is 69.0 Å². The van der Waals surface area contributed by atoms with Crippen LogP contribution < -0.4 is 5.32 Å². The summed E-state index contributed by atoms with van der Waals surface area (Å²) in [4.78, 5) is 16.4. The van der Waals surface area contributed by atoms with E-state index in [0.29, 0.717) is 6.61 Å². The van der Waals surface area contributed by atoms with Crippen LogP contribution in [0.25, 0.3) is 21.9 Å². The first-order valence-electron chi connectivity index (χ1n) is 9.30. The highest BCUT2D eigenvalue weighted by atomic mass is 16.5. The molecule has 28 heavy (non-hydrogen) atoms. The van der Waals surface area contributed by atoms with E-state index in [-0.39, 0.29) is 12.4 Å². The first-order valence-corrected chi connectivity index (χ1v) is 9.30. The Bertz CT molecular complexity index is 1160. The molecule has 0 spiro atoms. The van der Waals surface area contributed by atoms with Crippen LogP contribution in [0.2, 0.25) is 0 Å². The Labute approximate surface area is 163 Å². The second-order valence-electron chi connectivity index (χ2n) is 6.72. The average molecular weight is 374 g/mol. The molecule has 4 rings (SSSR count). The summed E-state index contributed by atoms with van der Waals surface area (Å²) in [6.45, 7) is 4.20. The fourth-order valence-corrected chi connectivity index (χ4v) is 3.46. The van der Waals surface area contributed by atoms with Crippen molar-refractivity contribution in [3.05, 3.63) is 59.8 Å². The van der Waals surface area contributed by atoms with Crippen molar-refractivity contribution >= 4 is 39.3 Å². The van der Waals surface area contributed by atoms with Gasteiger partial charge in [0.2, 0.25) is 0 Å². The molecule has 6 nitrogen and oxygen atoms in total. The molecule has 6 heteroatoms. The SMILES string of the molecule is CCOC(=O)Cc1ccc(Nc2c3ccccc3nc3c2c(C)nn3C)cc1. The van der Waals surface area contributed by atoms with Crippen LogP contribution in [0.4, 0.5) is 11.4 Å². The van der Waals surface area contributed by atoms with E-state index in [1.165, 1.54) is 0 Å². The summed E-state index contributed by atoms with van der Waals surface area (Å²) in [6.07, 6.45) is 0.276. The Morgan fingerprint density at radius 1 is 1.14 bits per heavy atom. The number of aromatic nitrogens is 3. The quantitative estimate of drug-likeness (QED) is 0.528. The van der Waals surface area contributed by atoms with E-state index in [9.17, 15) is 4.79 Å². The van der Waals surface area contributed by atoms with Crippen LogP contribution >= 0.6 is 0 Å². The summed E-state index contributed by atoms with van der Waals surface area (Å²) in [5.41, 5.74) is 5.54. The second kappa shape index (κ2) is 7.31. The number of hydrogen-bond acceptors (Lipinski definition) is 5. The number of anilines is 2. The lowest BCUT2D eigenvalue weighted by Crippen LogP contribution is -2.07. The number of rotatable bonds is 5. The molecule has 0 bridgehead atoms. The third-order valence-electron chi connectivity index (χ3n) is 4.72. The van der Waals surface area contributed by atoms with E-state index in [4.69, 9.17) is 9.72 Å². The highest BCUT2D eigenvalue weighted by Crippen LogP contribution is 2.34. The van der Waals surface area contributed by atoms with E-state index < -0.39 is 0 Å². The van der Waals surface area contributed by atoms with Gasteiger partial charge in [-0.2, -0.15) is 5.10 Å². The Morgan fingerprint density at radius 2 is 1.89 bits per heavy atom. The molecule has 0 saturated heterocycles. The van der Waals surface area contributed by atoms with Crippen molar-refractivity contribution in [3.8, 4) is 0 Å². The van der Waals surface area contributed by atoms with Crippen LogP contribution in [0.1, 0.15) is 18.2 Å². The van der Waals surface area contributed by atoms with Crippen LogP contribution in [0.15, 0.2) is 48.5 Å². The van der Waals surface area contributed by atoms with E-state index in [0.717, 1.165) is 44.6 Å². The molecule has 2 aromatic carbocycles. The Kier molecular flexibility index (Phi) is 4.69. The van der Waals surface area contributed by atoms with Gasteiger partial charge >= 0.3 is 5.97 Å². The number of nitrogens with zero attached hydrogens (tertiary/aromatic N) is 3. The molecule has 1 N–H and O–H groups in total. The standard InChI is InChI=1S/C22H22N4O2/c1-4-28-19(27)13-15-9-11-16(12-10-15)23-21-17-7-5-6-8-18(17)24-22-20(21)14(2)25-26(22)3/h5-12H,4,13H2,1-3H3,(H,23,24). The third kappa shape index (κ3) is 3.29. The number of para-hydroxylation sites is 1. The first kappa shape index (κ1) is 18.0. The van der Waals surface area contributed by atoms with Gasteiger partial charge in [-0.1, -0.05) is 30.3 Å². The smallest absolute Gasteiger partial charge is 0.310 e. The Morgan fingerprint density at radius 3 is 2.64 bits per heavy atom. The summed E-state index contributed by atoms with van der Waals surface area (Å²) in [5.74, 6) is -0.212. The number of pyridine rings is 1. The van der Waals surface area contributed by atoms with Gasteiger partial charge in [0.15, 0.2) is 5.65 Å². The lowest BCUT2D eigenvalue weighted by molar-refractivity contribution is -0.142. The number of nitrogens with one attached hydrogen (secondary N) is 1. The highest BCUT2D eigenvalue weighted by Gasteiger charge is 2.15. The molecular weight excluding hydrogens is 352 g/mol. The maximum absolute atomic E-state index is 11.7. The zero-order valence-corrected chi connectivity index (χ0v) is 16.2. The maximum atomic E-state index is 11.7. The number of fused-ring (bicyclic) bond motifs is 2. The van der Waals surface area contributed by atoms with Gasteiger partial charge in [-0.05, 0) is 37.6 Å². The van der Waals surface area contributed by atoms with Gasteiger partial charge in [-0.3, -0.25) is 9.48 Å². The van der Waals surface area contributed by atoms with Crippen molar-refractivity contribution in [3.63, 3.8) is 0 Å². The molecule has 4 aromatic rings. The van der Waals surface area contributed by atoms with Crippen LogP contribution in [0.5, 0.6) is 0 Å². The molecule has 0 amide bonds. The van der Waals surface area contributed by atoms with Gasteiger partial charge < -0.3 is 10.1 Å². The van der Waals surface area contributed by atoms with Crippen molar-refractivity contribution in [2.24, 2.45) is 7.05 Å². The molecule has 0 atom stereocenters. The lowest BCUT2D eigenvalue weighted by Gasteiger charge is -2.12. The molecule has 0 fully saturated rings. The van der Waals surface area contributed by atoms with Crippen molar-refractivity contribution in [1.82, 2.24) is 14.8 Å². The first-order chi connectivity index (χ1) is 13.6. The number of ether oxygens (including phenoxy) is 1. The minimum Gasteiger partial charge on any atom is -0.466 e. The molecular formula is C22H22N4O2. The van der Waals surface area contributed by atoms with Gasteiger partial charge in [0, 0.05) is 18.1 Å². The summed E-state index contributed by atoms with van der Waals surface area (Å²) in [5, 5.41) is 10.1. The van der Waals surface area contributed by atoms with Crippen molar-refractivity contribution in [2.45, 2.75) is 20.3 Å². The number of benzene rings is 2. The minimum atomic E-state index is -0.212. The monoisotopic (exact) mass is 374 g/mol. The number of hydrogen-bond donors (Lipinski definition) is 1. The van der Waals surface area contributed by atoms with Crippen LogP contribution in [-0.4, -0.2) is 27.3 Å². The van der Waals surface area contributed by atoms with E-state index in [2.05, 4.69) is 16.5 Å². The minimum absolute atomic E-state index is 0.212. The van der Waals surface area contributed by atoms with Crippen LogP contribution in [-0.2, 0) is 23.0 Å². The van der Waals surface area contributed by atoms with E-state index in [1.54, 1.807) is 0 Å². The summed E-state index contributed by atoms with van der Waals surface area (Å²) < 4.78 is 6.82. The van der Waals surface area contributed by atoms with Gasteiger partial charge in [-0.15, -0.1) is 0 Å². The highest BCUT2D eigenvalue weighted by molar-refractivity contribution is 6.08. The number of carbonyl (C=O) groups excluding carboxylic acids is 1. The second-order valence-corrected chi connectivity index (χ2v) is 6.72. The predicted octanol–water partition coefficient (Wildman–Crippen LogP) is 4.28. The summed E-state index contributed by atoms with van der Waals surface area (Å²) in [7, 11) is 1.91. The largest absolute Gasteiger partial charge is 0.466 e. The predicted molar refractivity (Wildman–Crippen MR) is 111 cm³/mol. The van der Waals surface area contributed by atoms with Crippen molar-refractivity contribution in [2.75, 3.05) is 11.9 Å². The molecule has 0 saturated carbocycles. The molecule has 2 heterocycles. The molecule has 0 radical (unpaired) electrons. The molecule has 142 valence electrons. The van der Waals surface area contributed by atoms with Crippen LogP contribution in [0.3, 0.4) is 0 Å². The Hall–Kier alpha value is -3.41. The number of carbonyl (C=O) groups is 1. The van der Waals surface area contributed by atoms with E-state index in [1.807, 2.05) is 68.0 Å². The van der Waals surface area contributed by atoms with Gasteiger partial charge in [0.1, 0.15) is 0 Å². The van der Waals surface area contributed by atoms with E-state index >= 15 is 0 Å². The van der Waals surface area contributed by atoms with Gasteiger partial charge in [0.25, 0.3) is 0 Å². The average Bonchev–Trinajstić information content (AvgIpc) is 2.97. The molecule has 0 aliphatic rings. The molecule has 0 aliphatic heterocycles. The van der Waals surface area contributed by atoms with Crippen LogP contribution in [0, 0.1) is 6.92 Å². The van der Waals surface area contributed by atoms with Crippen molar-refractivity contribution < 1.29 is 9.53 Å². The number of aryl methyl sites for hydroxylation is 2. The van der Waals surface area contributed by atoms with Gasteiger partial charge in [0.05, 0.1) is 35.3 Å². The van der Waals surface area contributed by atoms with Crippen molar-refractivity contribution in [1.29, 1.82) is 0 Å². The third-order valence-corrected chi connectivity index (χ3v) is 4.72. The fraction of sp³-hybridized carbons (Fsp3) is 0.227. The summed E-state index contributed by atoms with van der Waals surface area (Å²) in [6, 6.07) is 15.9. The molecule has 0 unspecified atom stereocenters. The lowest BCUT2D eigenvalue weighted by atomic mass is 10.1. The van der Waals surface area contributed by atoms with Gasteiger partial charge in [-0.25, -0.2) is 4.98 Å². The maximum Gasteiger partial charge on any atom is 0.310 e. The summed E-state index contributed by atoms with van der Waals surface area (Å²) >= 11 is 0.